The van der Waals surface area contributed by atoms with Crippen molar-refractivity contribution in [1.82, 2.24) is 0 Å². The van der Waals surface area contributed by atoms with E-state index < -0.39 is 0 Å². The highest BCUT2D eigenvalue weighted by atomic mass is 16.5. The summed E-state index contributed by atoms with van der Waals surface area (Å²) in [5.74, 6) is 1.57. The van der Waals surface area contributed by atoms with E-state index in [0.29, 0.717) is 6.61 Å². The topological polar surface area (TPSA) is 18.5 Å². The number of ether oxygens (including phenoxy) is 2. The molecule has 0 aromatic heterocycles. The standard InChI is InChI=1S/C10H13O2/c1-3-8-12-10-7-5-4-6-9(10)11-2/h3-7H,8H2,1-2H3. The molecule has 0 atom stereocenters. The molecule has 0 aliphatic rings. The summed E-state index contributed by atoms with van der Waals surface area (Å²) in [6.07, 6.45) is 1.95. The Hall–Kier alpha value is -1.18. The molecule has 0 unspecified atom stereocenters. The van der Waals surface area contributed by atoms with E-state index in [1.54, 1.807) is 7.11 Å². The zero-order valence-electron chi connectivity index (χ0n) is 7.41. The highest BCUT2D eigenvalue weighted by Gasteiger charge is 2.00. The van der Waals surface area contributed by atoms with E-state index in [-0.39, 0.29) is 0 Å². The second kappa shape index (κ2) is 4.65. The van der Waals surface area contributed by atoms with E-state index in [2.05, 4.69) is 0 Å². The first-order chi connectivity index (χ1) is 5.88. The van der Waals surface area contributed by atoms with Crippen LogP contribution in [-0.4, -0.2) is 13.7 Å². The molecule has 0 saturated carbocycles. The second-order valence-corrected chi connectivity index (χ2v) is 2.37. The summed E-state index contributed by atoms with van der Waals surface area (Å²) in [7, 11) is 1.64. The summed E-state index contributed by atoms with van der Waals surface area (Å²) in [4.78, 5) is 0. The van der Waals surface area contributed by atoms with Gasteiger partial charge in [-0.2, -0.15) is 0 Å². The van der Waals surface area contributed by atoms with Crippen LogP contribution in [0.3, 0.4) is 0 Å². The van der Waals surface area contributed by atoms with Gasteiger partial charge >= 0.3 is 0 Å². The van der Waals surface area contributed by atoms with E-state index >= 15 is 0 Å². The zero-order valence-corrected chi connectivity index (χ0v) is 7.41. The SMILES string of the molecule is C[CH]COc1ccccc1OC. The van der Waals surface area contributed by atoms with Crippen LogP contribution in [-0.2, 0) is 0 Å². The molecule has 2 nitrogen and oxygen atoms in total. The van der Waals surface area contributed by atoms with Gasteiger partial charge < -0.3 is 9.47 Å². The first-order valence-electron chi connectivity index (χ1n) is 3.92. The maximum Gasteiger partial charge on any atom is 0.161 e. The van der Waals surface area contributed by atoms with Gasteiger partial charge in [0.1, 0.15) is 0 Å². The summed E-state index contributed by atoms with van der Waals surface area (Å²) >= 11 is 0. The Bertz CT molecular complexity index is 233. The predicted molar refractivity (Wildman–Crippen MR) is 48.5 cm³/mol. The molecule has 1 radical (unpaired) electrons. The smallest absolute Gasteiger partial charge is 0.161 e. The molecule has 12 heavy (non-hydrogen) atoms. The first kappa shape index (κ1) is 8.91. The maximum atomic E-state index is 5.40. The molecule has 0 spiro atoms. The lowest BCUT2D eigenvalue weighted by atomic mass is 10.3. The van der Waals surface area contributed by atoms with Gasteiger partial charge in [0.2, 0.25) is 0 Å². The summed E-state index contributed by atoms with van der Waals surface area (Å²) in [5.41, 5.74) is 0. The van der Waals surface area contributed by atoms with Crippen LogP contribution in [0.2, 0.25) is 0 Å². The summed E-state index contributed by atoms with van der Waals surface area (Å²) in [5, 5.41) is 0. The highest BCUT2D eigenvalue weighted by Crippen LogP contribution is 2.25. The van der Waals surface area contributed by atoms with Crippen molar-refractivity contribution in [2.75, 3.05) is 13.7 Å². The van der Waals surface area contributed by atoms with E-state index in [1.165, 1.54) is 0 Å². The highest BCUT2D eigenvalue weighted by molar-refractivity contribution is 5.39. The van der Waals surface area contributed by atoms with Gasteiger partial charge in [-0.25, -0.2) is 0 Å². The molecular weight excluding hydrogens is 152 g/mol. The van der Waals surface area contributed by atoms with Crippen molar-refractivity contribution in [2.45, 2.75) is 6.92 Å². The number of benzene rings is 1. The molecule has 0 amide bonds. The van der Waals surface area contributed by atoms with Gasteiger partial charge in [0.05, 0.1) is 13.7 Å². The van der Waals surface area contributed by atoms with Crippen LogP contribution >= 0.6 is 0 Å². The molecule has 0 N–H and O–H groups in total. The number of hydrogen-bond donors (Lipinski definition) is 0. The molecule has 1 aromatic carbocycles. The van der Waals surface area contributed by atoms with Crippen LogP contribution in [0.5, 0.6) is 11.5 Å². The van der Waals surface area contributed by atoms with Crippen LogP contribution in [0.25, 0.3) is 0 Å². The van der Waals surface area contributed by atoms with Crippen LogP contribution < -0.4 is 9.47 Å². The normalized spacial score (nSPS) is 9.50. The first-order valence-corrected chi connectivity index (χ1v) is 3.92. The third-order valence-corrected chi connectivity index (χ3v) is 1.47. The van der Waals surface area contributed by atoms with Crippen LogP contribution in [0.4, 0.5) is 0 Å². The lowest BCUT2D eigenvalue weighted by molar-refractivity contribution is 0.317. The zero-order chi connectivity index (χ0) is 8.81. The molecule has 2 heteroatoms. The Morgan fingerprint density at radius 1 is 1.25 bits per heavy atom. The minimum atomic E-state index is 0.611. The molecule has 0 aliphatic carbocycles. The van der Waals surface area contributed by atoms with Crippen molar-refractivity contribution < 1.29 is 9.47 Å². The van der Waals surface area contributed by atoms with Gasteiger partial charge in [-0.3, -0.25) is 0 Å². The Morgan fingerprint density at radius 3 is 2.50 bits per heavy atom. The van der Waals surface area contributed by atoms with E-state index in [4.69, 9.17) is 9.47 Å². The lowest BCUT2D eigenvalue weighted by Gasteiger charge is -2.08. The number of hydrogen-bond acceptors (Lipinski definition) is 2. The Kier molecular flexibility index (Phi) is 3.45. The predicted octanol–water partition coefficient (Wildman–Crippen LogP) is 2.30. The molecule has 65 valence electrons. The van der Waals surface area contributed by atoms with Gasteiger partial charge in [-0.1, -0.05) is 19.1 Å². The third-order valence-electron chi connectivity index (χ3n) is 1.47. The maximum absolute atomic E-state index is 5.40. The minimum Gasteiger partial charge on any atom is -0.493 e. The fourth-order valence-corrected chi connectivity index (χ4v) is 0.911. The van der Waals surface area contributed by atoms with E-state index in [9.17, 15) is 0 Å². The van der Waals surface area contributed by atoms with Gasteiger partial charge in [-0.05, 0) is 18.6 Å². The summed E-state index contributed by atoms with van der Waals surface area (Å²) < 4.78 is 10.5. The van der Waals surface area contributed by atoms with Gasteiger partial charge in [-0.15, -0.1) is 0 Å². The number of methoxy groups -OCH3 is 1. The van der Waals surface area contributed by atoms with Gasteiger partial charge in [0.25, 0.3) is 0 Å². The minimum absolute atomic E-state index is 0.611. The average Bonchev–Trinajstić information content (AvgIpc) is 2.15. The quantitative estimate of drug-likeness (QED) is 0.681. The van der Waals surface area contributed by atoms with Crippen molar-refractivity contribution in [3.63, 3.8) is 0 Å². The fraction of sp³-hybridized carbons (Fsp3) is 0.300. The number of rotatable bonds is 4. The molecule has 1 aromatic rings. The summed E-state index contributed by atoms with van der Waals surface area (Å²) in [6, 6.07) is 7.61. The largest absolute Gasteiger partial charge is 0.493 e. The van der Waals surface area contributed by atoms with E-state index in [0.717, 1.165) is 11.5 Å². The molecule has 0 fully saturated rings. The monoisotopic (exact) mass is 165 g/mol. The second-order valence-electron chi connectivity index (χ2n) is 2.37. The van der Waals surface area contributed by atoms with Gasteiger partial charge in [0, 0.05) is 0 Å². The van der Waals surface area contributed by atoms with Crippen molar-refractivity contribution >= 4 is 0 Å². The molecule has 0 saturated heterocycles. The number of para-hydroxylation sites is 2. The third kappa shape index (κ3) is 2.16. The Morgan fingerprint density at radius 2 is 1.92 bits per heavy atom. The van der Waals surface area contributed by atoms with Crippen molar-refractivity contribution in [1.29, 1.82) is 0 Å². The van der Waals surface area contributed by atoms with Crippen LogP contribution in [0.1, 0.15) is 6.92 Å². The Labute approximate surface area is 73.1 Å². The van der Waals surface area contributed by atoms with Gasteiger partial charge in [0.15, 0.2) is 11.5 Å². The van der Waals surface area contributed by atoms with Crippen molar-refractivity contribution in [2.24, 2.45) is 0 Å². The van der Waals surface area contributed by atoms with E-state index in [1.807, 2.05) is 37.6 Å². The molecule has 1 rings (SSSR count). The van der Waals surface area contributed by atoms with Crippen LogP contribution in [0, 0.1) is 6.42 Å². The molecule has 0 bridgehead atoms. The fourth-order valence-electron chi connectivity index (χ4n) is 0.911. The lowest BCUT2D eigenvalue weighted by Crippen LogP contribution is -1.97. The Balaban J connectivity index is 2.68. The molecule has 0 aliphatic heterocycles. The van der Waals surface area contributed by atoms with Crippen LogP contribution in [0.15, 0.2) is 24.3 Å². The molecule has 0 heterocycles. The van der Waals surface area contributed by atoms with Crippen molar-refractivity contribution in [3.05, 3.63) is 30.7 Å². The van der Waals surface area contributed by atoms with Crippen molar-refractivity contribution in [3.8, 4) is 11.5 Å². The summed E-state index contributed by atoms with van der Waals surface area (Å²) in [6.45, 7) is 2.57. The average molecular weight is 165 g/mol. The molecular formula is C10H13O2.